The maximum atomic E-state index is 12.0. The Balaban J connectivity index is 1.32. The van der Waals surface area contributed by atoms with E-state index in [1.165, 1.54) is 22.3 Å². The fraction of sp³-hybridized carbons (Fsp3) is 0.458. The molecule has 2 aromatic carbocycles. The van der Waals surface area contributed by atoms with Crippen molar-refractivity contribution < 1.29 is 4.79 Å². The third-order valence-corrected chi connectivity index (χ3v) is 5.70. The van der Waals surface area contributed by atoms with Gasteiger partial charge >= 0.3 is 6.03 Å². The van der Waals surface area contributed by atoms with Crippen molar-refractivity contribution in [2.75, 3.05) is 26.2 Å². The summed E-state index contributed by atoms with van der Waals surface area (Å²) in [6.07, 6.45) is 3.16. The molecule has 4 heteroatoms. The molecule has 0 saturated carbocycles. The minimum atomic E-state index is -0.0475. The minimum Gasteiger partial charge on any atom is -0.338 e. The molecule has 2 amide bonds. The van der Waals surface area contributed by atoms with Gasteiger partial charge in [0.05, 0.1) is 0 Å². The van der Waals surface area contributed by atoms with Gasteiger partial charge in [0.2, 0.25) is 0 Å². The lowest BCUT2D eigenvalue weighted by Gasteiger charge is -2.32. The molecule has 0 bridgehead atoms. The van der Waals surface area contributed by atoms with Crippen LogP contribution in [0.4, 0.5) is 4.79 Å². The van der Waals surface area contributed by atoms with Crippen molar-refractivity contribution in [1.82, 2.24) is 15.5 Å². The molecule has 150 valence electrons. The molecule has 3 rings (SSSR count). The molecule has 0 radical (unpaired) electrons. The zero-order valence-electron chi connectivity index (χ0n) is 17.2. The second kappa shape index (κ2) is 10.3. The fourth-order valence-electron chi connectivity index (χ4n) is 3.82. The maximum Gasteiger partial charge on any atom is 0.314 e. The highest BCUT2D eigenvalue weighted by atomic mass is 16.2. The van der Waals surface area contributed by atoms with E-state index in [-0.39, 0.29) is 6.03 Å². The standard InChI is InChI=1S/C24H33N3O/c1-19-8-9-20(2)23(16-19)18-27-14-11-22(12-15-27)17-26-24(28)25-13-10-21-6-4-3-5-7-21/h3-9,16,22H,10-15,17-18H2,1-2H3,(H2,25,26,28). The number of nitrogens with zero attached hydrogens (tertiary/aromatic N) is 1. The number of carbonyl (C=O) groups is 1. The van der Waals surface area contributed by atoms with Gasteiger partial charge in [-0.3, -0.25) is 4.90 Å². The van der Waals surface area contributed by atoms with Gasteiger partial charge < -0.3 is 10.6 Å². The molecule has 1 aliphatic rings. The Hall–Kier alpha value is -2.33. The molecule has 0 unspecified atom stereocenters. The summed E-state index contributed by atoms with van der Waals surface area (Å²) in [7, 11) is 0. The van der Waals surface area contributed by atoms with E-state index >= 15 is 0 Å². The number of aryl methyl sites for hydroxylation is 2. The highest BCUT2D eigenvalue weighted by molar-refractivity contribution is 5.73. The summed E-state index contributed by atoms with van der Waals surface area (Å²) in [5.74, 6) is 0.578. The number of nitrogens with one attached hydrogen (secondary N) is 2. The predicted octanol–water partition coefficient (Wildman–Crippen LogP) is 4.06. The third kappa shape index (κ3) is 6.38. The summed E-state index contributed by atoms with van der Waals surface area (Å²) in [5, 5.41) is 6.01. The quantitative estimate of drug-likeness (QED) is 0.762. The number of urea groups is 1. The number of benzene rings is 2. The minimum absolute atomic E-state index is 0.0475. The van der Waals surface area contributed by atoms with Crippen LogP contribution in [-0.4, -0.2) is 37.1 Å². The van der Waals surface area contributed by atoms with E-state index in [1.54, 1.807) is 0 Å². The van der Waals surface area contributed by atoms with Gasteiger partial charge in [-0.15, -0.1) is 0 Å². The SMILES string of the molecule is Cc1ccc(C)c(CN2CCC(CNC(=O)NCCc3ccccc3)CC2)c1. The van der Waals surface area contributed by atoms with Crippen LogP contribution >= 0.6 is 0 Å². The van der Waals surface area contributed by atoms with Gasteiger partial charge in [-0.1, -0.05) is 54.1 Å². The van der Waals surface area contributed by atoms with Crippen LogP contribution in [0, 0.1) is 19.8 Å². The van der Waals surface area contributed by atoms with E-state index in [2.05, 4.69) is 59.7 Å². The van der Waals surface area contributed by atoms with Crippen LogP contribution in [0.25, 0.3) is 0 Å². The number of hydrogen-bond donors (Lipinski definition) is 2. The van der Waals surface area contributed by atoms with Crippen LogP contribution in [0.2, 0.25) is 0 Å². The molecule has 0 aliphatic carbocycles. The average Bonchev–Trinajstić information content (AvgIpc) is 2.71. The highest BCUT2D eigenvalue weighted by Crippen LogP contribution is 2.20. The first kappa shape index (κ1) is 20.4. The smallest absolute Gasteiger partial charge is 0.314 e. The summed E-state index contributed by atoms with van der Waals surface area (Å²) < 4.78 is 0. The van der Waals surface area contributed by atoms with E-state index < -0.39 is 0 Å². The van der Waals surface area contributed by atoms with Crippen LogP contribution in [-0.2, 0) is 13.0 Å². The molecule has 1 saturated heterocycles. The van der Waals surface area contributed by atoms with Gasteiger partial charge in [0.15, 0.2) is 0 Å². The summed E-state index contributed by atoms with van der Waals surface area (Å²) >= 11 is 0. The van der Waals surface area contributed by atoms with Crippen molar-refractivity contribution in [3.8, 4) is 0 Å². The summed E-state index contributed by atoms with van der Waals surface area (Å²) in [6.45, 7) is 9.05. The van der Waals surface area contributed by atoms with E-state index in [9.17, 15) is 4.79 Å². The third-order valence-electron chi connectivity index (χ3n) is 5.70. The average molecular weight is 380 g/mol. The van der Waals surface area contributed by atoms with E-state index in [1.807, 2.05) is 18.2 Å². The summed E-state index contributed by atoms with van der Waals surface area (Å²) in [4.78, 5) is 14.6. The van der Waals surface area contributed by atoms with Crippen molar-refractivity contribution >= 4 is 6.03 Å². The molecule has 4 nitrogen and oxygen atoms in total. The fourth-order valence-corrected chi connectivity index (χ4v) is 3.82. The molecule has 1 heterocycles. The molecule has 1 aliphatic heterocycles. The first-order valence-electron chi connectivity index (χ1n) is 10.4. The van der Waals surface area contributed by atoms with Crippen molar-refractivity contribution in [2.45, 2.75) is 39.7 Å². The van der Waals surface area contributed by atoms with Crippen molar-refractivity contribution in [3.63, 3.8) is 0 Å². The highest BCUT2D eigenvalue weighted by Gasteiger charge is 2.20. The number of likely N-dealkylation sites (tertiary alicyclic amines) is 1. The van der Waals surface area contributed by atoms with Crippen molar-refractivity contribution in [3.05, 3.63) is 70.8 Å². The molecule has 1 fully saturated rings. The van der Waals surface area contributed by atoms with E-state index in [0.717, 1.165) is 45.4 Å². The Labute approximate surface area is 169 Å². The topological polar surface area (TPSA) is 44.4 Å². The molecule has 0 atom stereocenters. The molecule has 0 aromatic heterocycles. The van der Waals surface area contributed by atoms with Gasteiger partial charge in [-0.05, 0) is 68.8 Å². The summed E-state index contributed by atoms with van der Waals surface area (Å²) in [5.41, 5.74) is 5.40. The monoisotopic (exact) mass is 379 g/mol. The lowest BCUT2D eigenvalue weighted by molar-refractivity contribution is 0.174. The van der Waals surface area contributed by atoms with Crippen LogP contribution in [0.15, 0.2) is 48.5 Å². The Morgan fingerprint density at radius 3 is 2.54 bits per heavy atom. The molecule has 0 spiro atoms. The lowest BCUT2D eigenvalue weighted by Crippen LogP contribution is -2.42. The zero-order chi connectivity index (χ0) is 19.8. The number of piperidine rings is 1. The van der Waals surface area contributed by atoms with Crippen molar-refractivity contribution in [2.24, 2.45) is 5.92 Å². The number of rotatable bonds is 7. The van der Waals surface area contributed by atoms with Crippen LogP contribution in [0.1, 0.15) is 35.1 Å². The predicted molar refractivity (Wildman–Crippen MR) is 115 cm³/mol. The molecular formula is C24H33N3O. The Morgan fingerprint density at radius 2 is 1.79 bits per heavy atom. The van der Waals surface area contributed by atoms with E-state index in [0.29, 0.717) is 12.5 Å². The number of carbonyl (C=O) groups excluding carboxylic acids is 1. The van der Waals surface area contributed by atoms with Crippen LogP contribution in [0.5, 0.6) is 0 Å². The van der Waals surface area contributed by atoms with Gasteiger partial charge in [-0.2, -0.15) is 0 Å². The second-order valence-electron chi connectivity index (χ2n) is 8.02. The Kier molecular flexibility index (Phi) is 7.49. The van der Waals surface area contributed by atoms with Gasteiger partial charge in [0.1, 0.15) is 0 Å². The van der Waals surface area contributed by atoms with Crippen LogP contribution < -0.4 is 10.6 Å². The number of hydrogen-bond acceptors (Lipinski definition) is 2. The Morgan fingerprint density at radius 1 is 1.04 bits per heavy atom. The Bertz CT molecular complexity index is 752. The molecule has 2 aromatic rings. The lowest BCUT2D eigenvalue weighted by atomic mass is 9.96. The van der Waals surface area contributed by atoms with Crippen LogP contribution in [0.3, 0.4) is 0 Å². The maximum absolute atomic E-state index is 12.0. The van der Waals surface area contributed by atoms with Crippen molar-refractivity contribution in [1.29, 1.82) is 0 Å². The van der Waals surface area contributed by atoms with Gasteiger partial charge in [-0.25, -0.2) is 4.79 Å². The van der Waals surface area contributed by atoms with Gasteiger partial charge in [0, 0.05) is 19.6 Å². The zero-order valence-corrected chi connectivity index (χ0v) is 17.2. The molecule has 2 N–H and O–H groups in total. The normalized spacial score (nSPS) is 15.4. The largest absolute Gasteiger partial charge is 0.338 e. The van der Waals surface area contributed by atoms with E-state index in [4.69, 9.17) is 0 Å². The second-order valence-corrected chi connectivity index (χ2v) is 8.02. The first-order chi connectivity index (χ1) is 13.6. The number of amides is 2. The molecule has 28 heavy (non-hydrogen) atoms. The molecular weight excluding hydrogens is 346 g/mol. The van der Waals surface area contributed by atoms with Gasteiger partial charge in [0.25, 0.3) is 0 Å². The first-order valence-corrected chi connectivity index (χ1v) is 10.4. The summed E-state index contributed by atoms with van der Waals surface area (Å²) in [6, 6.07) is 16.9.